The molecule has 2 unspecified atom stereocenters. The van der Waals surface area contributed by atoms with Gasteiger partial charge in [-0.25, -0.2) is 0 Å². The average Bonchev–Trinajstić information content (AvgIpc) is 2.80. The van der Waals surface area contributed by atoms with E-state index in [9.17, 15) is 13.2 Å². The van der Waals surface area contributed by atoms with E-state index in [2.05, 4.69) is 6.92 Å². The molecule has 0 N–H and O–H groups in total. The minimum Gasteiger partial charge on any atom is -0.434 e. The van der Waals surface area contributed by atoms with Crippen LogP contribution in [0.5, 0.6) is 0 Å². The highest BCUT2D eigenvalue weighted by molar-refractivity contribution is 7.73. The number of esters is 1. The van der Waals surface area contributed by atoms with Gasteiger partial charge in [0.15, 0.2) is 0 Å². The van der Waals surface area contributed by atoms with Gasteiger partial charge in [-0.3, -0.25) is 4.79 Å². The predicted octanol–water partition coefficient (Wildman–Crippen LogP) is 2.81. The first-order valence-corrected chi connectivity index (χ1v) is 8.35. The van der Waals surface area contributed by atoms with Crippen LogP contribution in [0.4, 0.5) is 0 Å². The Kier molecular flexibility index (Phi) is 5.17. The third kappa shape index (κ3) is 3.53. The Morgan fingerprint density at radius 2 is 2.05 bits per heavy atom. The van der Waals surface area contributed by atoms with Crippen LogP contribution in [0.3, 0.4) is 0 Å². The van der Waals surface area contributed by atoms with E-state index in [1.54, 1.807) is 6.08 Å². The zero-order valence-electron chi connectivity index (χ0n) is 12.3. The van der Waals surface area contributed by atoms with Crippen molar-refractivity contribution in [2.24, 2.45) is 11.8 Å². The molecule has 5 heteroatoms. The van der Waals surface area contributed by atoms with E-state index in [1.807, 2.05) is 19.1 Å². The molecule has 0 amide bonds. The van der Waals surface area contributed by atoms with Crippen LogP contribution in [-0.4, -0.2) is 19.3 Å². The van der Waals surface area contributed by atoms with E-state index in [-0.39, 0.29) is 17.8 Å². The van der Waals surface area contributed by atoms with E-state index < -0.39 is 10.3 Å². The predicted molar refractivity (Wildman–Crippen MR) is 82.1 cm³/mol. The van der Waals surface area contributed by atoms with Crippen LogP contribution in [0.2, 0.25) is 0 Å². The van der Waals surface area contributed by atoms with Crippen LogP contribution in [0.25, 0.3) is 0 Å². The lowest BCUT2D eigenvalue weighted by molar-refractivity contribution is -0.139. The van der Waals surface area contributed by atoms with Gasteiger partial charge < -0.3 is 4.74 Å². The Bertz CT molecular complexity index is 642. The molecular formula is C16H20O4S. The van der Waals surface area contributed by atoms with Crippen LogP contribution in [0.1, 0.15) is 39.5 Å². The zero-order valence-corrected chi connectivity index (χ0v) is 13.2. The molecule has 0 bridgehead atoms. The fourth-order valence-electron chi connectivity index (χ4n) is 2.73. The van der Waals surface area contributed by atoms with Crippen LogP contribution in [0, 0.1) is 11.8 Å². The molecule has 0 saturated carbocycles. The quantitative estimate of drug-likeness (QED) is 0.445. The Balaban J connectivity index is 2.26. The van der Waals surface area contributed by atoms with Gasteiger partial charge in [-0.15, -0.1) is 0 Å². The first-order valence-electron chi connectivity index (χ1n) is 7.27. The number of carbonyl (C=O) groups is 1. The molecule has 0 aromatic rings. The molecule has 0 saturated heterocycles. The first-order chi connectivity index (χ1) is 10.0. The highest BCUT2D eigenvalue weighted by atomic mass is 32.2. The van der Waals surface area contributed by atoms with Gasteiger partial charge in [0.25, 0.3) is 0 Å². The molecule has 1 aliphatic heterocycles. The lowest BCUT2D eigenvalue weighted by atomic mass is 9.82. The zero-order chi connectivity index (χ0) is 15.4. The summed E-state index contributed by atoms with van der Waals surface area (Å²) in [7, 11) is -2.30. The number of ether oxygens (including phenoxy) is 1. The summed E-state index contributed by atoms with van der Waals surface area (Å²) in [6.45, 7) is 3.95. The summed E-state index contributed by atoms with van der Waals surface area (Å²) >= 11 is 0. The fraction of sp³-hybridized carbons (Fsp3) is 0.500. The van der Waals surface area contributed by atoms with Crippen molar-refractivity contribution in [1.29, 1.82) is 0 Å². The lowest BCUT2D eigenvalue weighted by Gasteiger charge is -2.20. The van der Waals surface area contributed by atoms with E-state index in [1.165, 1.54) is 6.26 Å². The van der Waals surface area contributed by atoms with Crippen molar-refractivity contribution in [3.05, 3.63) is 35.6 Å². The van der Waals surface area contributed by atoms with Crippen molar-refractivity contribution in [2.75, 3.05) is 0 Å². The van der Waals surface area contributed by atoms with Crippen molar-refractivity contribution < 1.29 is 17.9 Å². The maximum Gasteiger partial charge on any atom is 0.318 e. The molecule has 2 aliphatic rings. The van der Waals surface area contributed by atoms with Crippen molar-refractivity contribution in [2.45, 2.75) is 39.5 Å². The minimum atomic E-state index is -2.30. The molecule has 0 fully saturated rings. The molecule has 2 atom stereocenters. The molecule has 0 aromatic heterocycles. The van der Waals surface area contributed by atoms with Gasteiger partial charge in [0.2, 0.25) is 10.3 Å². The van der Waals surface area contributed by atoms with Gasteiger partial charge in [0.1, 0.15) is 0 Å². The second-order valence-corrected chi connectivity index (χ2v) is 6.41. The summed E-state index contributed by atoms with van der Waals surface area (Å²) in [6.07, 6.45) is 10.6. The van der Waals surface area contributed by atoms with E-state index in [0.717, 1.165) is 30.4 Å². The third-order valence-electron chi connectivity index (χ3n) is 3.87. The average molecular weight is 308 g/mol. The molecule has 0 radical (unpaired) electrons. The Morgan fingerprint density at radius 3 is 2.71 bits per heavy atom. The maximum atomic E-state index is 11.9. The minimum absolute atomic E-state index is 0.267. The second-order valence-electron chi connectivity index (χ2n) is 5.47. The van der Waals surface area contributed by atoms with E-state index in [0.29, 0.717) is 11.3 Å². The Hall–Kier alpha value is -1.62. The molecule has 0 spiro atoms. The fourth-order valence-corrected chi connectivity index (χ4v) is 3.44. The highest BCUT2D eigenvalue weighted by Gasteiger charge is 2.36. The van der Waals surface area contributed by atoms with Gasteiger partial charge in [-0.1, -0.05) is 43.9 Å². The summed E-state index contributed by atoms with van der Waals surface area (Å²) in [6, 6.07) is 0. The van der Waals surface area contributed by atoms with Crippen LogP contribution < -0.4 is 0 Å². The number of allylic oxidation sites excluding steroid dienone is 4. The van der Waals surface area contributed by atoms with Gasteiger partial charge >= 0.3 is 5.97 Å². The van der Waals surface area contributed by atoms with E-state index in [4.69, 9.17) is 4.74 Å². The number of hydrogen-bond acceptors (Lipinski definition) is 4. The van der Waals surface area contributed by atoms with Crippen molar-refractivity contribution in [1.82, 2.24) is 0 Å². The van der Waals surface area contributed by atoms with Crippen molar-refractivity contribution in [3.8, 4) is 0 Å². The normalized spacial score (nSPS) is 24.7. The molecule has 0 aromatic carbocycles. The maximum absolute atomic E-state index is 11.9. The molecule has 21 heavy (non-hydrogen) atoms. The topological polar surface area (TPSA) is 60.4 Å². The standard InChI is InChI=1S/C16H20O4S/c1-3-4-5-6-13-14(10-20-16(13)17)12-8-7-11(2)9-15(12)21(18)19/h7-10,12-13H,3-6H2,1-2H3. The summed E-state index contributed by atoms with van der Waals surface area (Å²) in [5.41, 5.74) is 1.65. The number of hydrogen-bond donors (Lipinski definition) is 0. The molecule has 1 aliphatic carbocycles. The Morgan fingerprint density at radius 1 is 1.29 bits per heavy atom. The Labute approximate surface area is 126 Å². The van der Waals surface area contributed by atoms with Crippen LogP contribution >= 0.6 is 0 Å². The highest BCUT2D eigenvalue weighted by Crippen LogP contribution is 2.34. The SMILES string of the molecule is CCCCCC1C(=O)OC=C1C1C=CC(C)=CC1=S(=O)=O. The van der Waals surface area contributed by atoms with Crippen molar-refractivity contribution in [3.63, 3.8) is 0 Å². The van der Waals surface area contributed by atoms with Gasteiger partial charge in [0.05, 0.1) is 17.0 Å². The third-order valence-corrected chi connectivity index (χ3v) is 4.63. The largest absolute Gasteiger partial charge is 0.434 e. The smallest absolute Gasteiger partial charge is 0.318 e. The molecule has 2 rings (SSSR count). The monoisotopic (exact) mass is 308 g/mol. The molecular weight excluding hydrogens is 288 g/mol. The first kappa shape index (κ1) is 15.8. The van der Waals surface area contributed by atoms with Crippen LogP contribution in [0.15, 0.2) is 35.6 Å². The molecule has 114 valence electrons. The molecule has 1 heterocycles. The van der Waals surface area contributed by atoms with E-state index >= 15 is 0 Å². The lowest BCUT2D eigenvalue weighted by Crippen LogP contribution is -2.23. The number of rotatable bonds is 5. The summed E-state index contributed by atoms with van der Waals surface area (Å²) in [4.78, 5) is 12.2. The molecule has 4 nitrogen and oxygen atoms in total. The van der Waals surface area contributed by atoms with Crippen LogP contribution in [-0.2, 0) is 19.8 Å². The van der Waals surface area contributed by atoms with Crippen molar-refractivity contribution >= 4 is 21.1 Å². The number of unbranched alkanes of at least 4 members (excludes halogenated alkanes) is 2. The second kappa shape index (κ2) is 6.89. The summed E-state index contributed by atoms with van der Waals surface area (Å²) in [5, 5.41) is 0. The number of carbonyl (C=O) groups excluding carboxylic acids is 1. The van der Waals surface area contributed by atoms with Gasteiger partial charge in [0, 0.05) is 5.92 Å². The summed E-state index contributed by atoms with van der Waals surface area (Å²) in [5.74, 6) is -0.974. The van der Waals surface area contributed by atoms with Gasteiger partial charge in [-0.2, -0.15) is 8.42 Å². The summed E-state index contributed by atoms with van der Waals surface area (Å²) < 4.78 is 27.9. The van der Waals surface area contributed by atoms with Gasteiger partial charge in [-0.05, 0) is 25.0 Å². The number of cyclic esters (lactones) is 1.